The third kappa shape index (κ3) is 3.80. The van der Waals surface area contributed by atoms with Crippen LogP contribution in [0, 0.1) is 10.1 Å². The summed E-state index contributed by atoms with van der Waals surface area (Å²) in [6, 6.07) is 10.2. The molecule has 1 aromatic carbocycles. The molecule has 0 saturated heterocycles. The summed E-state index contributed by atoms with van der Waals surface area (Å²) in [6.45, 7) is 0. The molecule has 5 nitrogen and oxygen atoms in total. The Morgan fingerprint density at radius 3 is 2.63 bits per heavy atom. The van der Waals surface area contributed by atoms with Crippen LogP contribution in [0.15, 0.2) is 45.7 Å². The van der Waals surface area contributed by atoms with Crippen LogP contribution in [0.25, 0.3) is 0 Å². The average Bonchev–Trinajstić information content (AvgIpc) is 2.87. The molecule has 1 aromatic heterocycles. The molecule has 0 atom stereocenters. The lowest BCUT2D eigenvalue weighted by atomic mass is 10.3. The number of hydrogen-bond acceptors (Lipinski definition) is 6. The molecule has 7 heteroatoms. The summed E-state index contributed by atoms with van der Waals surface area (Å²) in [5.41, 5.74) is 3.61. The molecule has 19 heavy (non-hydrogen) atoms. The van der Waals surface area contributed by atoms with Crippen LogP contribution in [0.3, 0.4) is 0 Å². The Labute approximate surface area is 118 Å². The number of thioether (sulfide) groups is 1. The molecule has 0 radical (unpaired) electrons. The molecule has 0 saturated carbocycles. The highest BCUT2D eigenvalue weighted by molar-refractivity contribution is 8.00. The Balaban J connectivity index is 1.96. The van der Waals surface area contributed by atoms with Crippen LogP contribution in [0.5, 0.6) is 0 Å². The van der Waals surface area contributed by atoms with Crippen molar-refractivity contribution in [3.63, 3.8) is 0 Å². The smallest absolute Gasteiger partial charge is 0.269 e. The van der Waals surface area contributed by atoms with Gasteiger partial charge in [-0.1, -0.05) is 0 Å². The highest BCUT2D eigenvalue weighted by Crippen LogP contribution is 2.24. The second-order valence-electron chi connectivity index (χ2n) is 3.53. The van der Waals surface area contributed by atoms with Gasteiger partial charge in [0.05, 0.1) is 21.0 Å². The maximum atomic E-state index is 10.5. The minimum atomic E-state index is -0.428. The molecular weight excluding hydrogens is 282 g/mol. The number of rotatable bonds is 5. The zero-order valence-electron chi connectivity index (χ0n) is 10.1. The zero-order valence-corrected chi connectivity index (χ0v) is 11.7. The van der Waals surface area contributed by atoms with Crippen LogP contribution in [0.4, 0.5) is 11.4 Å². The van der Waals surface area contributed by atoms with E-state index in [1.807, 2.05) is 18.4 Å². The first-order chi connectivity index (χ1) is 9.19. The topological polar surface area (TPSA) is 67.5 Å². The van der Waals surface area contributed by atoms with E-state index in [1.54, 1.807) is 41.4 Å². The van der Waals surface area contributed by atoms with Crippen LogP contribution in [-0.4, -0.2) is 17.4 Å². The Kier molecular flexibility index (Phi) is 4.53. The van der Waals surface area contributed by atoms with Crippen LogP contribution >= 0.6 is 23.1 Å². The van der Waals surface area contributed by atoms with E-state index in [4.69, 9.17) is 0 Å². The van der Waals surface area contributed by atoms with E-state index in [9.17, 15) is 10.1 Å². The number of nitrogens with zero attached hydrogens (tertiary/aromatic N) is 2. The minimum Gasteiger partial charge on any atom is -0.278 e. The summed E-state index contributed by atoms with van der Waals surface area (Å²) in [5, 5.41) is 14.6. The van der Waals surface area contributed by atoms with Crippen molar-refractivity contribution in [2.75, 3.05) is 11.7 Å². The molecule has 1 heterocycles. The molecule has 1 N–H and O–H groups in total. The summed E-state index contributed by atoms with van der Waals surface area (Å²) in [5.74, 6) is 0. The van der Waals surface area contributed by atoms with E-state index in [1.165, 1.54) is 16.3 Å². The molecule has 2 aromatic rings. The fraction of sp³-hybridized carbons (Fsp3) is 0.0833. The van der Waals surface area contributed by atoms with Gasteiger partial charge in [-0.25, -0.2) is 0 Å². The van der Waals surface area contributed by atoms with Crippen LogP contribution in [-0.2, 0) is 0 Å². The van der Waals surface area contributed by atoms with Gasteiger partial charge in [0.25, 0.3) is 5.69 Å². The lowest BCUT2D eigenvalue weighted by Crippen LogP contribution is -1.91. The van der Waals surface area contributed by atoms with Crippen molar-refractivity contribution in [3.05, 3.63) is 51.4 Å². The monoisotopic (exact) mass is 293 g/mol. The van der Waals surface area contributed by atoms with Gasteiger partial charge in [-0.2, -0.15) is 5.10 Å². The summed E-state index contributed by atoms with van der Waals surface area (Å²) in [6.07, 6.45) is 3.76. The molecule has 0 aliphatic rings. The molecule has 0 aliphatic heterocycles. The fourth-order valence-corrected chi connectivity index (χ4v) is 2.78. The number of benzene rings is 1. The number of non-ortho nitro benzene ring substituents is 1. The molecule has 0 aliphatic carbocycles. The quantitative estimate of drug-likeness (QED) is 0.394. The average molecular weight is 293 g/mol. The minimum absolute atomic E-state index is 0.0670. The van der Waals surface area contributed by atoms with Crippen molar-refractivity contribution >= 4 is 40.7 Å². The number of thiophene rings is 1. The van der Waals surface area contributed by atoms with Crippen molar-refractivity contribution in [3.8, 4) is 0 Å². The second-order valence-corrected chi connectivity index (χ2v) is 5.76. The molecule has 0 spiro atoms. The van der Waals surface area contributed by atoms with E-state index in [0.717, 1.165) is 4.88 Å². The number of nitro groups is 1. The van der Waals surface area contributed by atoms with Crippen molar-refractivity contribution in [1.82, 2.24) is 0 Å². The molecule has 0 unspecified atom stereocenters. The van der Waals surface area contributed by atoms with Crippen LogP contribution in [0.1, 0.15) is 4.88 Å². The van der Waals surface area contributed by atoms with E-state index < -0.39 is 4.92 Å². The number of nitro benzene ring substituents is 1. The molecule has 2 rings (SSSR count). The van der Waals surface area contributed by atoms with Gasteiger partial charge in [0, 0.05) is 17.0 Å². The predicted octanol–water partition coefficient (Wildman–Crippen LogP) is 3.82. The van der Waals surface area contributed by atoms with Gasteiger partial charge in [0.2, 0.25) is 0 Å². The normalized spacial score (nSPS) is 10.8. The first-order valence-corrected chi connectivity index (χ1v) is 7.40. The summed E-state index contributed by atoms with van der Waals surface area (Å²) >= 11 is 3.36. The van der Waals surface area contributed by atoms with E-state index in [0.29, 0.717) is 5.69 Å². The molecular formula is C12H11N3O2S2. The lowest BCUT2D eigenvalue weighted by molar-refractivity contribution is -0.384. The van der Waals surface area contributed by atoms with Crippen molar-refractivity contribution < 1.29 is 4.92 Å². The Morgan fingerprint density at radius 2 is 2.05 bits per heavy atom. The highest BCUT2D eigenvalue weighted by atomic mass is 32.2. The predicted molar refractivity (Wildman–Crippen MR) is 80.4 cm³/mol. The van der Waals surface area contributed by atoms with E-state index >= 15 is 0 Å². The van der Waals surface area contributed by atoms with Gasteiger partial charge in [-0.15, -0.1) is 23.1 Å². The largest absolute Gasteiger partial charge is 0.278 e. The summed E-state index contributed by atoms with van der Waals surface area (Å²) in [7, 11) is 0. The van der Waals surface area contributed by atoms with Gasteiger partial charge >= 0.3 is 0 Å². The maximum absolute atomic E-state index is 10.5. The highest BCUT2D eigenvalue weighted by Gasteiger charge is 2.02. The van der Waals surface area contributed by atoms with Crippen molar-refractivity contribution in [2.45, 2.75) is 4.21 Å². The van der Waals surface area contributed by atoms with Crippen LogP contribution < -0.4 is 5.43 Å². The van der Waals surface area contributed by atoms with E-state index in [-0.39, 0.29) is 5.69 Å². The maximum Gasteiger partial charge on any atom is 0.269 e. The summed E-state index contributed by atoms with van der Waals surface area (Å²) in [4.78, 5) is 11.1. The molecule has 98 valence electrons. The van der Waals surface area contributed by atoms with Crippen LogP contribution in [0.2, 0.25) is 0 Å². The summed E-state index contributed by atoms with van der Waals surface area (Å²) < 4.78 is 1.23. The number of hydrogen-bond donors (Lipinski definition) is 1. The van der Waals surface area contributed by atoms with Crippen molar-refractivity contribution in [2.24, 2.45) is 5.10 Å². The van der Waals surface area contributed by atoms with Gasteiger partial charge in [0.15, 0.2) is 0 Å². The van der Waals surface area contributed by atoms with E-state index in [2.05, 4.69) is 10.5 Å². The zero-order chi connectivity index (χ0) is 13.7. The molecule has 0 fully saturated rings. The second kappa shape index (κ2) is 6.35. The van der Waals surface area contributed by atoms with Crippen molar-refractivity contribution in [1.29, 1.82) is 0 Å². The first-order valence-electron chi connectivity index (χ1n) is 5.36. The third-order valence-electron chi connectivity index (χ3n) is 2.27. The Bertz CT molecular complexity index is 593. The van der Waals surface area contributed by atoms with Gasteiger partial charge in [0.1, 0.15) is 0 Å². The molecule has 0 bridgehead atoms. The standard InChI is InChI=1S/C12H11N3O2S2/c1-18-12-7-6-11(19-12)8-13-14-9-2-4-10(5-3-9)15(16)17/h2-8,14H,1H3. The Hall–Kier alpha value is -1.86. The number of hydrazone groups is 1. The van der Waals surface area contributed by atoms with Gasteiger partial charge in [-0.05, 0) is 30.5 Å². The SMILES string of the molecule is CSc1ccc(C=NNc2ccc([N+](=O)[O-])cc2)s1. The first kappa shape index (κ1) is 13.6. The third-order valence-corrected chi connectivity index (χ3v) is 4.37. The number of anilines is 1. The van der Waals surface area contributed by atoms with Gasteiger partial charge < -0.3 is 0 Å². The fourth-order valence-electron chi connectivity index (χ4n) is 1.34. The Morgan fingerprint density at radius 1 is 1.32 bits per heavy atom. The molecule has 0 amide bonds. The lowest BCUT2D eigenvalue weighted by Gasteiger charge is -1.98. The van der Waals surface area contributed by atoms with Gasteiger partial charge in [-0.3, -0.25) is 15.5 Å². The number of nitrogens with one attached hydrogen (secondary N) is 1.